The van der Waals surface area contributed by atoms with Gasteiger partial charge in [0.05, 0.1) is 24.6 Å². The molecule has 10 nitrogen and oxygen atoms in total. The summed E-state index contributed by atoms with van der Waals surface area (Å²) in [5, 5.41) is 3.18. The van der Waals surface area contributed by atoms with Crippen molar-refractivity contribution in [1.29, 1.82) is 0 Å². The predicted molar refractivity (Wildman–Crippen MR) is 108 cm³/mol. The van der Waals surface area contributed by atoms with E-state index < -0.39 is 0 Å². The SMILES string of the molecule is C=C(N)N=C(C)N=C(N)c1cnc(N(C)C)nc1Nc1ccc(OC)nc1. The molecule has 2 aromatic rings. The monoisotopic (exact) mass is 369 g/mol. The summed E-state index contributed by atoms with van der Waals surface area (Å²) in [5.41, 5.74) is 12.8. The summed E-state index contributed by atoms with van der Waals surface area (Å²) in [7, 11) is 5.24. The Hall–Kier alpha value is -3.69. The summed E-state index contributed by atoms with van der Waals surface area (Å²) >= 11 is 0. The fourth-order valence-electron chi connectivity index (χ4n) is 2.05. The Balaban J connectivity index is 2.44. The molecule has 2 heterocycles. The van der Waals surface area contributed by atoms with Crippen LogP contribution in [0.5, 0.6) is 5.88 Å². The molecule has 0 fully saturated rings. The summed E-state index contributed by atoms with van der Waals surface area (Å²) in [5.74, 6) is 2.19. The summed E-state index contributed by atoms with van der Waals surface area (Å²) in [4.78, 5) is 22.9. The Labute approximate surface area is 157 Å². The van der Waals surface area contributed by atoms with Crippen molar-refractivity contribution in [2.45, 2.75) is 6.92 Å². The second kappa shape index (κ2) is 8.61. The first-order valence-corrected chi connectivity index (χ1v) is 7.95. The van der Waals surface area contributed by atoms with Crippen LogP contribution in [0, 0.1) is 0 Å². The van der Waals surface area contributed by atoms with Gasteiger partial charge >= 0.3 is 0 Å². The van der Waals surface area contributed by atoms with Crippen molar-refractivity contribution in [2.24, 2.45) is 21.5 Å². The van der Waals surface area contributed by atoms with Crippen molar-refractivity contribution >= 4 is 29.1 Å². The number of amidine groups is 2. The minimum atomic E-state index is 0.144. The molecular weight excluding hydrogens is 346 g/mol. The minimum absolute atomic E-state index is 0.144. The average Bonchev–Trinajstić information content (AvgIpc) is 2.61. The maximum Gasteiger partial charge on any atom is 0.226 e. The van der Waals surface area contributed by atoms with Gasteiger partial charge in [0.15, 0.2) is 0 Å². The lowest BCUT2D eigenvalue weighted by Gasteiger charge is -2.15. The number of hydrogen-bond donors (Lipinski definition) is 3. The highest BCUT2D eigenvalue weighted by atomic mass is 16.5. The number of anilines is 3. The molecule has 27 heavy (non-hydrogen) atoms. The number of methoxy groups -OCH3 is 1. The van der Waals surface area contributed by atoms with Crippen molar-refractivity contribution in [2.75, 3.05) is 31.4 Å². The third-order valence-corrected chi connectivity index (χ3v) is 3.25. The zero-order chi connectivity index (χ0) is 20.0. The topological polar surface area (TPSA) is 140 Å². The minimum Gasteiger partial charge on any atom is -0.481 e. The van der Waals surface area contributed by atoms with Crippen molar-refractivity contribution in [3.05, 3.63) is 42.5 Å². The van der Waals surface area contributed by atoms with Crippen molar-refractivity contribution in [1.82, 2.24) is 15.0 Å². The van der Waals surface area contributed by atoms with E-state index in [0.717, 1.165) is 0 Å². The molecule has 10 heteroatoms. The standard InChI is InChI=1S/C17H23N9O/c1-10(18)22-11(2)23-15(19)13-9-21-17(26(3)4)25-16(13)24-12-6-7-14(27-5)20-8-12/h6-9H,1,18H2,2-5H3,(H2,19,22,23)(H,21,24,25). The van der Waals surface area contributed by atoms with E-state index in [1.165, 1.54) is 0 Å². The summed E-state index contributed by atoms with van der Waals surface area (Å²) < 4.78 is 5.07. The van der Waals surface area contributed by atoms with Crippen LogP contribution in [-0.2, 0) is 0 Å². The number of aromatic nitrogens is 3. The quantitative estimate of drug-likeness (QED) is 0.510. The number of pyridine rings is 1. The van der Waals surface area contributed by atoms with Crippen LogP contribution in [0.3, 0.4) is 0 Å². The first-order chi connectivity index (χ1) is 12.8. The first-order valence-electron chi connectivity index (χ1n) is 7.95. The molecule has 5 N–H and O–H groups in total. The van der Waals surface area contributed by atoms with Crippen LogP contribution < -0.4 is 26.4 Å². The van der Waals surface area contributed by atoms with Crippen molar-refractivity contribution in [3.63, 3.8) is 0 Å². The molecule has 0 aliphatic carbocycles. The van der Waals surface area contributed by atoms with Crippen LogP contribution in [0.4, 0.5) is 17.5 Å². The third kappa shape index (κ3) is 5.39. The Kier molecular flexibility index (Phi) is 6.26. The molecule has 0 aromatic carbocycles. The molecule has 0 saturated heterocycles. The fraction of sp³-hybridized carbons (Fsp3) is 0.235. The van der Waals surface area contributed by atoms with Gasteiger partial charge in [-0.15, -0.1) is 0 Å². The molecule has 142 valence electrons. The molecule has 0 radical (unpaired) electrons. The molecule has 0 aliphatic rings. The largest absolute Gasteiger partial charge is 0.481 e. The second-order valence-corrected chi connectivity index (χ2v) is 5.69. The Bertz CT molecular complexity index is 872. The molecule has 0 amide bonds. The maximum absolute atomic E-state index is 6.13. The zero-order valence-electron chi connectivity index (χ0n) is 15.8. The lowest BCUT2D eigenvalue weighted by atomic mass is 10.2. The molecule has 0 unspecified atom stereocenters. The van der Waals surface area contributed by atoms with Gasteiger partial charge in [0.1, 0.15) is 23.3 Å². The fourth-order valence-corrected chi connectivity index (χ4v) is 2.05. The number of nitrogens with one attached hydrogen (secondary N) is 1. The zero-order valence-corrected chi connectivity index (χ0v) is 15.8. The predicted octanol–water partition coefficient (Wildman–Crippen LogP) is 1.24. The normalized spacial score (nSPS) is 11.9. The smallest absolute Gasteiger partial charge is 0.226 e. The van der Waals surface area contributed by atoms with E-state index in [9.17, 15) is 0 Å². The summed E-state index contributed by atoms with van der Waals surface area (Å²) in [6.07, 6.45) is 3.21. The summed E-state index contributed by atoms with van der Waals surface area (Å²) in [6.45, 7) is 5.18. The van der Waals surface area contributed by atoms with Gasteiger partial charge in [-0.1, -0.05) is 6.58 Å². The number of nitrogens with two attached hydrogens (primary N) is 2. The molecular formula is C17H23N9O. The average molecular weight is 369 g/mol. The van der Waals surface area contributed by atoms with E-state index in [-0.39, 0.29) is 11.7 Å². The first kappa shape index (κ1) is 19.6. The number of ether oxygens (including phenoxy) is 1. The van der Waals surface area contributed by atoms with Gasteiger partial charge in [0, 0.05) is 26.4 Å². The van der Waals surface area contributed by atoms with E-state index in [4.69, 9.17) is 16.2 Å². The second-order valence-electron chi connectivity index (χ2n) is 5.69. The van der Waals surface area contributed by atoms with Crippen LogP contribution in [0.1, 0.15) is 12.5 Å². The number of rotatable bonds is 6. The van der Waals surface area contributed by atoms with E-state index in [1.807, 2.05) is 20.2 Å². The molecule has 0 saturated carbocycles. The number of aliphatic imine (C=N–C) groups is 2. The number of nitrogens with zero attached hydrogens (tertiary/aromatic N) is 6. The summed E-state index contributed by atoms with van der Waals surface area (Å²) in [6, 6.07) is 3.54. The molecule has 2 aromatic heterocycles. The Morgan fingerprint density at radius 3 is 2.48 bits per heavy atom. The highest BCUT2D eigenvalue weighted by molar-refractivity contribution is 6.07. The van der Waals surface area contributed by atoms with Crippen LogP contribution in [0.2, 0.25) is 0 Å². The van der Waals surface area contributed by atoms with Crippen LogP contribution in [0.15, 0.2) is 46.9 Å². The van der Waals surface area contributed by atoms with E-state index in [2.05, 4.69) is 36.8 Å². The third-order valence-electron chi connectivity index (χ3n) is 3.25. The molecule has 0 aliphatic heterocycles. The van der Waals surface area contributed by atoms with Crippen molar-refractivity contribution < 1.29 is 4.74 Å². The van der Waals surface area contributed by atoms with Gasteiger partial charge in [-0.25, -0.2) is 20.0 Å². The lowest BCUT2D eigenvalue weighted by Crippen LogP contribution is -2.20. The lowest BCUT2D eigenvalue weighted by molar-refractivity contribution is 0.398. The van der Waals surface area contributed by atoms with Crippen molar-refractivity contribution in [3.8, 4) is 5.88 Å². The molecule has 0 bridgehead atoms. The van der Waals surface area contributed by atoms with Gasteiger partial charge in [0.2, 0.25) is 11.8 Å². The number of hydrogen-bond acceptors (Lipinski definition) is 8. The van der Waals surface area contributed by atoms with Crippen LogP contribution >= 0.6 is 0 Å². The van der Waals surface area contributed by atoms with E-state index in [0.29, 0.717) is 34.7 Å². The van der Waals surface area contributed by atoms with Gasteiger partial charge < -0.3 is 26.4 Å². The molecule has 0 atom stereocenters. The van der Waals surface area contributed by atoms with Gasteiger partial charge in [-0.2, -0.15) is 4.98 Å². The highest BCUT2D eigenvalue weighted by Gasteiger charge is 2.13. The molecule has 2 rings (SSSR count). The van der Waals surface area contributed by atoms with E-state index >= 15 is 0 Å². The molecule has 0 spiro atoms. The van der Waals surface area contributed by atoms with Gasteiger partial charge in [-0.3, -0.25) is 0 Å². The Morgan fingerprint density at radius 1 is 1.19 bits per heavy atom. The van der Waals surface area contributed by atoms with Gasteiger partial charge in [0.25, 0.3) is 0 Å². The van der Waals surface area contributed by atoms with Gasteiger partial charge in [-0.05, 0) is 13.0 Å². The van der Waals surface area contributed by atoms with Crippen LogP contribution in [0.25, 0.3) is 0 Å². The maximum atomic E-state index is 6.13. The van der Waals surface area contributed by atoms with Crippen LogP contribution in [-0.4, -0.2) is 47.8 Å². The van der Waals surface area contributed by atoms with E-state index in [1.54, 1.807) is 37.4 Å². The Morgan fingerprint density at radius 2 is 1.93 bits per heavy atom. The highest BCUT2D eigenvalue weighted by Crippen LogP contribution is 2.21.